The van der Waals surface area contributed by atoms with E-state index in [1.54, 1.807) is 35.6 Å². The van der Waals surface area contributed by atoms with E-state index in [0.717, 1.165) is 16.3 Å². The molecule has 0 spiro atoms. The second-order valence-corrected chi connectivity index (χ2v) is 8.53. The first-order valence-electron chi connectivity index (χ1n) is 9.75. The van der Waals surface area contributed by atoms with Gasteiger partial charge in [-0.2, -0.15) is 0 Å². The number of rotatable bonds is 8. The second kappa shape index (κ2) is 10.4. The van der Waals surface area contributed by atoms with Crippen LogP contribution in [0.3, 0.4) is 0 Å². The van der Waals surface area contributed by atoms with Crippen molar-refractivity contribution in [3.8, 4) is 0 Å². The maximum absolute atomic E-state index is 12.7. The summed E-state index contributed by atoms with van der Waals surface area (Å²) in [7, 11) is 0. The standard InChI is InChI=1S/C23H24ClN3O2S/c1-15(2)23-26-17(14-30-23)13-25-21(28)12-20(16-8-4-3-5-9-16)27-22(29)18-10-6-7-11-19(18)24/h3-11,14-15,20H,12-13H2,1-2H3,(H,25,28)(H,27,29). The Hall–Kier alpha value is -2.70. The quantitative estimate of drug-likeness (QED) is 0.511. The van der Waals surface area contributed by atoms with Crippen LogP contribution in [0, 0.1) is 0 Å². The van der Waals surface area contributed by atoms with Crippen LogP contribution in [-0.2, 0) is 11.3 Å². The van der Waals surface area contributed by atoms with Gasteiger partial charge in [-0.25, -0.2) is 4.98 Å². The van der Waals surface area contributed by atoms with Gasteiger partial charge in [-0.15, -0.1) is 11.3 Å². The van der Waals surface area contributed by atoms with Gasteiger partial charge in [0.1, 0.15) is 0 Å². The lowest BCUT2D eigenvalue weighted by molar-refractivity contribution is -0.121. The van der Waals surface area contributed by atoms with E-state index in [0.29, 0.717) is 23.0 Å². The number of amides is 2. The molecule has 0 aliphatic rings. The zero-order valence-electron chi connectivity index (χ0n) is 16.9. The molecule has 3 aromatic rings. The first-order chi connectivity index (χ1) is 14.4. The highest BCUT2D eigenvalue weighted by atomic mass is 35.5. The summed E-state index contributed by atoms with van der Waals surface area (Å²) in [6.07, 6.45) is 0.112. The molecule has 156 valence electrons. The van der Waals surface area contributed by atoms with Gasteiger partial charge >= 0.3 is 0 Å². The lowest BCUT2D eigenvalue weighted by atomic mass is 10.0. The van der Waals surface area contributed by atoms with Gasteiger partial charge < -0.3 is 10.6 Å². The van der Waals surface area contributed by atoms with Gasteiger partial charge in [-0.1, -0.05) is 67.9 Å². The van der Waals surface area contributed by atoms with E-state index in [2.05, 4.69) is 29.5 Å². The van der Waals surface area contributed by atoms with Gasteiger partial charge in [0.05, 0.1) is 40.3 Å². The van der Waals surface area contributed by atoms with Crippen molar-refractivity contribution in [2.24, 2.45) is 0 Å². The third-order valence-corrected chi connectivity index (χ3v) is 6.07. The molecule has 7 heteroatoms. The summed E-state index contributed by atoms with van der Waals surface area (Å²) in [5, 5.41) is 9.23. The van der Waals surface area contributed by atoms with E-state index in [1.165, 1.54) is 0 Å². The third-order valence-electron chi connectivity index (χ3n) is 4.55. The van der Waals surface area contributed by atoms with Gasteiger partial charge in [-0.05, 0) is 17.7 Å². The van der Waals surface area contributed by atoms with E-state index in [9.17, 15) is 9.59 Å². The molecule has 2 aromatic carbocycles. The summed E-state index contributed by atoms with van der Waals surface area (Å²) in [4.78, 5) is 29.9. The van der Waals surface area contributed by atoms with E-state index < -0.39 is 6.04 Å². The van der Waals surface area contributed by atoms with Crippen LogP contribution >= 0.6 is 22.9 Å². The van der Waals surface area contributed by atoms with Crippen LogP contribution in [0.25, 0.3) is 0 Å². The molecule has 1 unspecified atom stereocenters. The van der Waals surface area contributed by atoms with Crippen molar-refractivity contribution in [3.05, 3.63) is 86.8 Å². The Morgan fingerprint density at radius 1 is 1.07 bits per heavy atom. The van der Waals surface area contributed by atoms with Gasteiger partial charge in [0.15, 0.2) is 0 Å². The molecular weight excluding hydrogens is 418 g/mol. The lowest BCUT2D eigenvalue weighted by Gasteiger charge is -2.19. The predicted molar refractivity (Wildman–Crippen MR) is 121 cm³/mol. The van der Waals surface area contributed by atoms with E-state index in [-0.39, 0.29) is 18.2 Å². The summed E-state index contributed by atoms with van der Waals surface area (Å²) >= 11 is 7.75. The summed E-state index contributed by atoms with van der Waals surface area (Å²) in [6.45, 7) is 4.54. The number of thiazole rings is 1. The van der Waals surface area contributed by atoms with Gasteiger partial charge in [0.25, 0.3) is 5.91 Å². The molecule has 0 bridgehead atoms. The predicted octanol–water partition coefficient (Wildman–Crippen LogP) is 5.10. The van der Waals surface area contributed by atoms with Crippen LogP contribution in [0.4, 0.5) is 0 Å². The van der Waals surface area contributed by atoms with Crippen LogP contribution in [-0.4, -0.2) is 16.8 Å². The number of halogens is 1. The molecule has 30 heavy (non-hydrogen) atoms. The Balaban J connectivity index is 1.67. The highest BCUT2D eigenvalue weighted by Gasteiger charge is 2.20. The molecule has 2 amide bonds. The van der Waals surface area contributed by atoms with Crippen LogP contribution in [0.15, 0.2) is 60.0 Å². The molecule has 1 aromatic heterocycles. The Bertz CT molecular complexity index is 1000. The number of carbonyl (C=O) groups excluding carboxylic acids is 2. The molecule has 0 fully saturated rings. The van der Waals surface area contributed by atoms with E-state index in [4.69, 9.17) is 11.6 Å². The monoisotopic (exact) mass is 441 g/mol. The fourth-order valence-corrected chi connectivity index (χ4v) is 3.99. The average Bonchev–Trinajstić information content (AvgIpc) is 3.22. The van der Waals surface area contributed by atoms with Crippen LogP contribution in [0.5, 0.6) is 0 Å². The Kier molecular flexibility index (Phi) is 7.60. The Labute approximate surface area is 185 Å². The zero-order chi connectivity index (χ0) is 21.5. The van der Waals surface area contributed by atoms with Gasteiger partial charge in [0, 0.05) is 11.3 Å². The van der Waals surface area contributed by atoms with Crippen molar-refractivity contribution in [2.45, 2.75) is 38.8 Å². The van der Waals surface area contributed by atoms with Crippen molar-refractivity contribution >= 4 is 34.8 Å². The molecule has 0 aliphatic heterocycles. The zero-order valence-corrected chi connectivity index (χ0v) is 18.5. The molecule has 0 saturated heterocycles. The first kappa shape index (κ1) is 22.0. The molecule has 1 heterocycles. The molecule has 0 aliphatic carbocycles. The summed E-state index contributed by atoms with van der Waals surface area (Å²) in [6, 6.07) is 15.8. The molecule has 5 nitrogen and oxygen atoms in total. The number of carbonyl (C=O) groups is 2. The summed E-state index contributed by atoms with van der Waals surface area (Å²) in [5.74, 6) is -0.118. The highest BCUT2D eigenvalue weighted by Crippen LogP contribution is 2.21. The smallest absolute Gasteiger partial charge is 0.253 e. The third kappa shape index (κ3) is 5.90. The second-order valence-electron chi connectivity index (χ2n) is 7.23. The van der Waals surface area contributed by atoms with Crippen molar-refractivity contribution < 1.29 is 9.59 Å². The van der Waals surface area contributed by atoms with Crippen molar-refractivity contribution in [1.29, 1.82) is 0 Å². The van der Waals surface area contributed by atoms with Gasteiger partial charge in [-0.3, -0.25) is 9.59 Å². The Morgan fingerprint density at radius 2 is 1.77 bits per heavy atom. The molecule has 1 atom stereocenters. The minimum Gasteiger partial charge on any atom is -0.350 e. The lowest BCUT2D eigenvalue weighted by Crippen LogP contribution is -2.33. The fourth-order valence-electron chi connectivity index (χ4n) is 2.93. The normalized spacial score (nSPS) is 11.9. The highest BCUT2D eigenvalue weighted by molar-refractivity contribution is 7.09. The van der Waals surface area contributed by atoms with Gasteiger partial charge in [0.2, 0.25) is 5.91 Å². The number of nitrogens with zero attached hydrogens (tertiary/aromatic N) is 1. The maximum atomic E-state index is 12.7. The van der Waals surface area contributed by atoms with Crippen molar-refractivity contribution in [3.63, 3.8) is 0 Å². The number of nitrogens with one attached hydrogen (secondary N) is 2. The largest absolute Gasteiger partial charge is 0.350 e. The average molecular weight is 442 g/mol. The number of hydrogen-bond donors (Lipinski definition) is 2. The molecular formula is C23H24ClN3O2S. The minimum atomic E-state index is -0.475. The minimum absolute atomic E-state index is 0.112. The Morgan fingerprint density at radius 3 is 2.43 bits per heavy atom. The van der Waals surface area contributed by atoms with Crippen molar-refractivity contribution in [1.82, 2.24) is 15.6 Å². The molecule has 2 N–H and O–H groups in total. The summed E-state index contributed by atoms with van der Waals surface area (Å²) < 4.78 is 0. The molecule has 0 saturated carbocycles. The molecule has 3 rings (SSSR count). The SMILES string of the molecule is CC(C)c1nc(CNC(=O)CC(NC(=O)c2ccccc2Cl)c2ccccc2)cs1. The van der Waals surface area contributed by atoms with Crippen molar-refractivity contribution in [2.75, 3.05) is 0 Å². The van der Waals surface area contributed by atoms with E-state index in [1.807, 2.05) is 35.7 Å². The van der Waals surface area contributed by atoms with Crippen LogP contribution in [0.1, 0.15) is 58.9 Å². The maximum Gasteiger partial charge on any atom is 0.253 e. The number of benzene rings is 2. The van der Waals surface area contributed by atoms with Crippen LogP contribution < -0.4 is 10.6 Å². The first-order valence-corrected chi connectivity index (χ1v) is 11.0. The molecule has 0 radical (unpaired) electrons. The topological polar surface area (TPSA) is 71.1 Å². The number of aromatic nitrogens is 1. The fraction of sp³-hybridized carbons (Fsp3) is 0.261. The number of hydrogen-bond acceptors (Lipinski definition) is 4. The van der Waals surface area contributed by atoms with Crippen LogP contribution in [0.2, 0.25) is 5.02 Å². The summed E-state index contributed by atoms with van der Waals surface area (Å²) in [5.41, 5.74) is 2.07. The van der Waals surface area contributed by atoms with E-state index >= 15 is 0 Å².